The van der Waals surface area contributed by atoms with Crippen LogP contribution in [0.15, 0.2) is 194 Å². The lowest BCUT2D eigenvalue weighted by Crippen LogP contribution is -2.15. The summed E-state index contributed by atoms with van der Waals surface area (Å²) in [5, 5.41) is 8.28. The molecule has 4 heteroatoms. The maximum absolute atomic E-state index is 5.36. The lowest BCUT2D eigenvalue weighted by Gasteiger charge is -2.22. The third kappa shape index (κ3) is 4.82. The maximum Gasteiger partial charge on any atom is 0.235 e. The summed E-state index contributed by atoms with van der Waals surface area (Å²) in [5.41, 5.74) is 16.3. The fourth-order valence-corrected chi connectivity index (χ4v) is 10.5. The Morgan fingerprint density at radius 1 is 0.377 bits per heavy atom. The molecule has 9 aromatic carbocycles. The van der Waals surface area contributed by atoms with E-state index in [1.54, 1.807) is 0 Å². The van der Waals surface area contributed by atoms with Gasteiger partial charge in [0.1, 0.15) is 0 Å². The van der Waals surface area contributed by atoms with Crippen molar-refractivity contribution in [2.45, 2.75) is 19.3 Å². The predicted molar refractivity (Wildman–Crippen MR) is 254 cm³/mol. The van der Waals surface area contributed by atoms with Gasteiger partial charge in [-0.1, -0.05) is 166 Å². The van der Waals surface area contributed by atoms with Gasteiger partial charge in [-0.05, 0) is 81.2 Å². The van der Waals surface area contributed by atoms with Crippen LogP contribution in [0.3, 0.4) is 0 Å². The van der Waals surface area contributed by atoms with Crippen LogP contribution in [-0.2, 0) is 5.41 Å². The van der Waals surface area contributed by atoms with Gasteiger partial charge in [-0.2, -0.15) is 0 Å². The van der Waals surface area contributed by atoms with Gasteiger partial charge in [0.05, 0.1) is 33.3 Å². The highest BCUT2D eigenvalue weighted by molar-refractivity contribution is 6.22. The molecule has 61 heavy (non-hydrogen) atoms. The van der Waals surface area contributed by atoms with Crippen molar-refractivity contribution in [2.24, 2.45) is 0 Å². The van der Waals surface area contributed by atoms with E-state index in [0.29, 0.717) is 5.95 Å². The molecule has 1 aliphatic carbocycles. The Balaban J connectivity index is 1.06. The number of rotatable bonds is 4. The molecule has 0 amide bonds. The number of hydrogen-bond acceptors (Lipinski definition) is 2. The number of nitrogens with zero attached hydrogens (tertiary/aromatic N) is 4. The quantitative estimate of drug-likeness (QED) is 0.178. The molecule has 0 unspecified atom stereocenters. The number of hydrogen-bond donors (Lipinski definition) is 0. The Bertz CT molecular complexity index is 3790. The van der Waals surface area contributed by atoms with Gasteiger partial charge in [-0.15, -0.1) is 0 Å². The molecule has 1 aliphatic rings. The van der Waals surface area contributed by atoms with E-state index >= 15 is 0 Å². The average Bonchev–Trinajstić information content (AvgIpc) is 3.91. The topological polar surface area (TPSA) is 35.6 Å². The molecule has 13 rings (SSSR count). The third-order valence-corrected chi connectivity index (χ3v) is 13.3. The van der Waals surface area contributed by atoms with Crippen LogP contribution in [-0.4, -0.2) is 19.1 Å². The number of benzene rings is 9. The molecule has 0 fully saturated rings. The van der Waals surface area contributed by atoms with E-state index in [2.05, 4.69) is 211 Å². The predicted octanol–water partition coefficient (Wildman–Crippen LogP) is 14.6. The molecule has 12 aromatic rings. The normalized spacial score (nSPS) is 13.2. The van der Waals surface area contributed by atoms with E-state index < -0.39 is 0 Å². The van der Waals surface area contributed by atoms with Crippen molar-refractivity contribution in [1.82, 2.24) is 19.1 Å². The molecule has 0 atom stereocenters. The number of aromatic nitrogens is 4. The maximum atomic E-state index is 5.36. The SMILES string of the molecule is CC1(C)c2ccccc2-c2ccc(-n3c4ccccc4c4cc(-c5ccc6c7ccccc7n(-c7nc(-c8ccccc8)c8ccccc8n7)c6c5)c5ccccc5c43)cc21. The standard InChI is InChI=1S/C57H38N4/c1-57(2)48-24-12-8-19-39(48)40-31-29-37(33-49(40)57)60-51-26-14-11-21-42(51)47-34-46(38-18-6-7-22-44(38)55(47)60)36-28-30-43-41-20-10-15-27-52(41)61(53(43)32-36)56-58-50-25-13-9-23-45(50)54(59-56)35-16-4-3-5-17-35/h3-34H,1-2H3. The lowest BCUT2D eigenvalue weighted by atomic mass is 9.82. The molecule has 0 radical (unpaired) electrons. The van der Waals surface area contributed by atoms with Crippen molar-refractivity contribution in [3.05, 3.63) is 205 Å². The van der Waals surface area contributed by atoms with E-state index in [-0.39, 0.29) is 5.41 Å². The average molecular weight is 779 g/mol. The van der Waals surface area contributed by atoms with Crippen LogP contribution in [0.25, 0.3) is 110 Å². The Labute approximate surface area is 352 Å². The van der Waals surface area contributed by atoms with Crippen LogP contribution in [0, 0.1) is 0 Å². The van der Waals surface area contributed by atoms with Crippen molar-refractivity contribution in [2.75, 3.05) is 0 Å². The second-order valence-corrected chi connectivity index (χ2v) is 17.0. The summed E-state index contributed by atoms with van der Waals surface area (Å²) >= 11 is 0. The van der Waals surface area contributed by atoms with Crippen LogP contribution in [0.5, 0.6) is 0 Å². The van der Waals surface area contributed by atoms with Gasteiger partial charge in [0, 0.05) is 49.0 Å². The van der Waals surface area contributed by atoms with Gasteiger partial charge in [0.2, 0.25) is 5.95 Å². The summed E-state index contributed by atoms with van der Waals surface area (Å²) in [4.78, 5) is 10.6. The molecule has 0 saturated carbocycles. The molecule has 0 N–H and O–H groups in total. The molecular formula is C57H38N4. The van der Waals surface area contributed by atoms with E-state index in [1.807, 2.05) is 6.07 Å². The summed E-state index contributed by atoms with van der Waals surface area (Å²) in [6.07, 6.45) is 0. The van der Waals surface area contributed by atoms with Crippen molar-refractivity contribution in [3.8, 4) is 45.1 Å². The molecule has 4 nitrogen and oxygen atoms in total. The van der Waals surface area contributed by atoms with Crippen LogP contribution < -0.4 is 0 Å². The minimum absolute atomic E-state index is 0.0992. The first kappa shape index (κ1) is 34.1. The van der Waals surface area contributed by atoms with E-state index in [0.717, 1.165) is 38.8 Å². The molecule has 3 heterocycles. The molecule has 0 spiro atoms. The Morgan fingerprint density at radius 3 is 1.82 bits per heavy atom. The smallest absolute Gasteiger partial charge is 0.235 e. The van der Waals surface area contributed by atoms with Gasteiger partial charge in [0.15, 0.2) is 0 Å². The van der Waals surface area contributed by atoms with Crippen molar-refractivity contribution < 1.29 is 0 Å². The highest BCUT2D eigenvalue weighted by Gasteiger charge is 2.35. The minimum atomic E-state index is -0.0992. The van der Waals surface area contributed by atoms with Gasteiger partial charge >= 0.3 is 0 Å². The van der Waals surface area contributed by atoms with E-state index in [4.69, 9.17) is 9.97 Å². The second kappa shape index (κ2) is 12.6. The number of para-hydroxylation sites is 3. The van der Waals surface area contributed by atoms with Crippen molar-refractivity contribution in [3.63, 3.8) is 0 Å². The highest BCUT2D eigenvalue weighted by atomic mass is 15.2. The second-order valence-electron chi connectivity index (χ2n) is 17.0. The number of fused-ring (bicyclic) bond motifs is 12. The zero-order valence-electron chi connectivity index (χ0n) is 33.8. The van der Waals surface area contributed by atoms with Crippen LogP contribution in [0.1, 0.15) is 25.0 Å². The minimum Gasteiger partial charge on any atom is -0.309 e. The first-order valence-corrected chi connectivity index (χ1v) is 21.1. The Hall–Kier alpha value is -7.82. The molecule has 0 bridgehead atoms. The summed E-state index contributed by atoms with van der Waals surface area (Å²) < 4.78 is 4.76. The fraction of sp³-hybridized carbons (Fsp3) is 0.0526. The highest BCUT2D eigenvalue weighted by Crippen LogP contribution is 2.50. The lowest BCUT2D eigenvalue weighted by molar-refractivity contribution is 0.660. The summed E-state index contributed by atoms with van der Waals surface area (Å²) in [6.45, 7) is 4.72. The Morgan fingerprint density at radius 2 is 1.00 bits per heavy atom. The van der Waals surface area contributed by atoms with Gasteiger partial charge in [-0.3, -0.25) is 4.57 Å². The molecule has 286 valence electrons. The van der Waals surface area contributed by atoms with Crippen LogP contribution in [0.4, 0.5) is 0 Å². The summed E-state index contributed by atoms with van der Waals surface area (Å²) in [5.74, 6) is 0.657. The largest absolute Gasteiger partial charge is 0.309 e. The van der Waals surface area contributed by atoms with Crippen molar-refractivity contribution in [1.29, 1.82) is 0 Å². The summed E-state index contributed by atoms with van der Waals surface area (Å²) in [7, 11) is 0. The molecule has 3 aromatic heterocycles. The zero-order valence-corrected chi connectivity index (χ0v) is 33.8. The summed E-state index contributed by atoms with van der Waals surface area (Å²) in [6, 6.07) is 70.6. The fourth-order valence-electron chi connectivity index (χ4n) is 10.5. The van der Waals surface area contributed by atoms with Gasteiger partial charge < -0.3 is 4.57 Å². The first-order chi connectivity index (χ1) is 30.0. The monoisotopic (exact) mass is 778 g/mol. The van der Waals surface area contributed by atoms with Gasteiger partial charge in [0.25, 0.3) is 0 Å². The van der Waals surface area contributed by atoms with Crippen LogP contribution >= 0.6 is 0 Å². The van der Waals surface area contributed by atoms with E-state index in [1.165, 1.54) is 76.9 Å². The van der Waals surface area contributed by atoms with Crippen LogP contribution in [0.2, 0.25) is 0 Å². The zero-order chi connectivity index (χ0) is 40.4. The third-order valence-electron chi connectivity index (χ3n) is 13.3. The molecule has 0 aliphatic heterocycles. The Kier molecular flexibility index (Phi) is 7.04. The first-order valence-electron chi connectivity index (χ1n) is 21.1. The molecule has 0 saturated heterocycles. The van der Waals surface area contributed by atoms with Gasteiger partial charge in [-0.25, -0.2) is 9.97 Å². The van der Waals surface area contributed by atoms with E-state index in [9.17, 15) is 0 Å². The van der Waals surface area contributed by atoms with Crippen molar-refractivity contribution >= 4 is 65.3 Å². The molecular weight excluding hydrogens is 741 g/mol.